The van der Waals surface area contributed by atoms with Crippen molar-refractivity contribution in [2.45, 2.75) is 13.5 Å². The third-order valence-electron chi connectivity index (χ3n) is 2.99. The van der Waals surface area contributed by atoms with Gasteiger partial charge in [-0.05, 0) is 64.3 Å². The van der Waals surface area contributed by atoms with E-state index in [2.05, 4.69) is 37.2 Å². The van der Waals surface area contributed by atoms with Gasteiger partial charge in [0.05, 0.1) is 11.6 Å². The summed E-state index contributed by atoms with van der Waals surface area (Å²) in [7, 11) is 1.64. The molecule has 5 heteroatoms. The molecule has 0 aliphatic carbocycles. The Kier molecular flexibility index (Phi) is 5.05. The Balaban J connectivity index is 2.18. The molecule has 106 valence electrons. The van der Waals surface area contributed by atoms with Crippen LogP contribution in [-0.4, -0.2) is 7.11 Å². The van der Waals surface area contributed by atoms with Crippen LogP contribution in [-0.2, 0) is 6.54 Å². The number of nitrogens with one attached hydrogen (secondary N) is 1. The number of methoxy groups -OCH3 is 1. The van der Waals surface area contributed by atoms with Crippen molar-refractivity contribution >= 4 is 37.5 Å². The molecule has 2 aromatic rings. The first-order valence-electron chi connectivity index (χ1n) is 6.03. The molecule has 0 aliphatic heterocycles. The number of benzene rings is 2. The normalized spacial score (nSPS) is 10.4. The van der Waals surface area contributed by atoms with Gasteiger partial charge in [-0.2, -0.15) is 0 Å². The second-order valence-corrected chi connectivity index (χ2v) is 6.10. The highest BCUT2D eigenvalue weighted by Gasteiger charge is 2.07. The van der Waals surface area contributed by atoms with Gasteiger partial charge in [0.1, 0.15) is 11.6 Å². The summed E-state index contributed by atoms with van der Waals surface area (Å²) >= 11 is 6.71. The smallest absolute Gasteiger partial charge is 0.137 e. The molecule has 2 rings (SSSR count). The Morgan fingerprint density at radius 1 is 1.15 bits per heavy atom. The fourth-order valence-corrected chi connectivity index (χ4v) is 2.57. The van der Waals surface area contributed by atoms with Crippen LogP contribution in [0.25, 0.3) is 0 Å². The molecule has 0 aliphatic rings. The quantitative estimate of drug-likeness (QED) is 0.751. The van der Waals surface area contributed by atoms with Gasteiger partial charge in [0.2, 0.25) is 0 Å². The molecule has 0 aromatic heterocycles. The summed E-state index contributed by atoms with van der Waals surface area (Å²) < 4.78 is 20.1. The molecule has 0 spiro atoms. The van der Waals surface area contributed by atoms with Gasteiger partial charge in [0.25, 0.3) is 0 Å². The monoisotopic (exact) mass is 401 g/mol. The molecule has 0 radical (unpaired) electrons. The zero-order chi connectivity index (χ0) is 14.7. The van der Waals surface area contributed by atoms with Crippen molar-refractivity contribution in [2.75, 3.05) is 12.4 Å². The maximum atomic E-state index is 13.4. The predicted octanol–water partition coefficient (Wildman–Crippen LogP) is 5.28. The molecule has 0 heterocycles. The Labute approximate surface area is 134 Å². The maximum absolute atomic E-state index is 13.4. The van der Waals surface area contributed by atoms with E-state index in [0.29, 0.717) is 11.0 Å². The number of halogens is 3. The van der Waals surface area contributed by atoms with E-state index < -0.39 is 0 Å². The van der Waals surface area contributed by atoms with E-state index in [1.54, 1.807) is 13.2 Å². The summed E-state index contributed by atoms with van der Waals surface area (Å²) in [6.07, 6.45) is 0. The number of hydrogen-bond acceptors (Lipinski definition) is 2. The summed E-state index contributed by atoms with van der Waals surface area (Å²) in [5, 5.41) is 3.31. The Hall–Kier alpha value is -1.07. The molecule has 2 nitrogen and oxygen atoms in total. The molecule has 2 aromatic carbocycles. The van der Waals surface area contributed by atoms with Crippen molar-refractivity contribution in [3.63, 3.8) is 0 Å². The summed E-state index contributed by atoms with van der Waals surface area (Å²) in [6.45, 7) is 2.50. The number of aryl methyl sites for hydroxylation is 1. The highest BCUT2D eigenvalue weighted by molar-refractivity contribution is 9.10. The highest BCUT2D eigenvalue weighted by Crippen LogP contribution is 2.27. The third kappa shape index (κ3) is 3.52. The van der Waals surface area contributed by atoms with Crippen LogP contribution in [0.3, 0.4) is 0 Å². The number of anilines is 1. The first-order valence-corrected chi connectivity index (χ1v) is 7.62. The highest BCUT2D eigenvalue weighted by atomic mass is 79.9. The molecule has 0 bridgehead atoms. The minimum Gasteiger partial charge on any atom is -0.497 e. The van der Waals surface area contributed by atoms with Crippen LogP contribution < -0.4 is 10.1 Å². The van der Waals surface area contributed by atoms with Gasteiger partial charge in [-0.25, -0.2) is 4.39 Å². The van der Waals surface area contributed by atoms with Crippen LogP contribution >= 0.6 is 31.9 Å². The number of ether oxygens (including phenoxy) is 1. The largest absolute Gasteiger partial charge is 0.497 e. The van der Waals surface area contributed by atoms with Gasteiger partial charge in [0.15, 0.2) is 0 Å². The van der Waals surface area contributed by atoms with Crippen molar-refractivity contribution in [3.05, 3.63) is 56.2 Å². The number of hydrogen-bond donors (Lipinski definition) is 1. The van der Waals surface area contributed by atoms with Crippen LogP contribution in [0.15, 0.2) is 39.3 Å². The van der Waals surface area contributed by atoms with Crippen LogP contribution in [0.4, 0.5) is 10.1 Å². The van der Waals surface area contributed by atoms with Crippen molar-refractivity contribution < 1.29 is 9.13 Å². The van der Waals surface area contributed by atoms with Crippen molar-refractivity contribution in [1.82, 2.24) is 0 Å². The predicted molar refractivity (Wildman–Crippen MR) is 86.9 cm³/mol. The SMILES string of the molecule is COc1ccc(Br)c(CNc2cc(Br)c(F)cc2C)c1. The van der Waals surface area contributed by atoms with E-state index in [0.717, 1.165) is 27.0 Å². The number of rotatable bonds is 4. The van der Waals surface area contributed by atoms with Crippen LogP contribution in [0, 0.1) is 12.7 Å². The molecule has 0 saturated carbocycles. The summed E-state index contributed by atoms with van der Waals surface area (Å²) in [5.74, 6) is 0.553. The molecular weight excluding hydrogens is 389 g/mol. The van der Waals surface area contributed by atoms with E-state index in [9.17, 15) is 4.39 Å². The Morgan fingerprint density at radius 2 is 1.90 bits per heavy atom. The fourth-order valence-electron chi connectivity index (χ4n) is 1.84. The molecule has 0 atom stereocenters. The summed E-state index contributed by atoms with van der Waals surface area (Å²) in [5.41, 5.74) is 2.84. The minimum atomic E-state index is -0.254. The van der Waals surface area contributed by atoms with Gasteiger partial charge in [-0.1, -0.05) is 15.9 Å². The minimum absolute atomic E-state index is 0.254. The lowest BCUT2D eigenvalue weighted by Crippen LogP contribution is -2.03. The van der Waals surface area contributed by atoms with Crippen LogP contribution in [0.5, 0.6) is 5.75 Å². The van der Waals surface area contributed by atoms with Gasteiger partial charge in [0, 0.05) is 16.7 Å². The molecule has 0 amide bonds. The van der Waals surface area contributed by atoms with E-state index in [-0.39, 0.29) is 5.82 Å². The Morgan fingerprint density at radius 3 is 2.60 bits per heavy atom. The average Bonchev–Trinajstić information content (AvgIpc) is 2.43. The van der Waals surface area contributed by atoms with E-state index in [1.165, 1.54) is 6.07 Å². The van der Waals surface area contributed by atoms with Crippen LogP contribution in [0.1, 0.15) is 11.1 Å². The molecular formula is C15H14Br2FNO. The lowest BCUT2D eigenvalue weighted by Gasteiger charge is -2.12. The second-order valence-electron chi connectivity index (χ2n) is 4.39. The third-order valence-corrected chi connectivity index (χ3v) is 4.37. The average molecular weight is 403 g/mol. The topological polar surface area (TPSA) is 21.3 Å². The van der Waals surface area contributed by atoms with Gasteiger partial charge in [-0.15, -0.1) is 0 Å². The molecule has 0 saturated heterocycles. The lowest BCUT2D eigenvalue weighted by molar-refractivity contribution is 0.414. The van der Waals surface area contributed by atoms with Gasteiger partial charge >= 0.3 is 0 Å². The zero-order valence-corrected chi connectivity index (χ0v) is 14.3. The van der Waals surface area contributed by atoms with Crippen molar-refractivity contribution in [3.8, 4) is 5.75 Å². The van der Waals surface area contributed by atoms with Crippen molar-refractivity contribution in [2.24, 2.45) is 0 Å². The van der Waals surface area contributed by atoms with E-state index in [4.69, 9.17) is 4.74 Å². The molecule has 0 fully saturated rings. The van der Waals surface area contributed by atoms with E-state index >= 15 is 0 Å². The summed E-state index contributed by atoms with van der Waals surface area (Å²) in [6, 6.07) is 9.06. The first-order chi connectivity index (χ1) is 9.51. The Bertz CT molecular complexity index is 632. The van der Waals surface area contributed by atoms with Crippen LogP contribution in [0.2, 0.25) is 0 Å². The van der Waals surface area contributed by atoms with Gasteiger partial charge in [-0.3, -0.25) is 0 Å². The lowest BCUT2D eigenvalue weighted by atomic mass is 10.1. The van der Waals surface area contributed by atoms with E-state index in [1.807, 2.05) is 25.1 Å². The second kappa shape index (κ2) is 6.59. The molecule has 1 N–H and O–H groups in total. The maximum Gasteiger partial charge on any atom is 0.137 e. The fraction of sp³-hybridized carbons (Fsp3) is 0.200. The van der Waals surface area contributed by atoms with Gasteiger partial charge < -0.3 is 10.1 Å². The zero-order valence-electron chi connectivity index (χ0n) is 11.1. The summed E-state index contributed by atoms with van der Waals surface area (Å²) in [4.78, 5) is 0. The van der Waals surface area contributed by atoms with Crippen molar-refractivity contribution in [1.29, 1.82) is 0 Å². The standard InChI is InChI=1S/C15H14Br2FNO/c1-9-5-14(18)13(17)7-15(9)19-8-10-6-11(20-2)3-4-12(10)16/h3-7,19H,8H2,1-2H3. The first kappa shape index (κ1) is 15.3. The molecule has 20 heavy (non-hydrogen) atoms. The molecule has 0 unspecified atom stereocenters.